The minimum atomic E-state index is -2.49. The van der Waals surface area contributed by atoms with E-state index in [1.165, 1.54) is 0 Å². The Morgan fingerprint density at radius 1 is 0.478 bits per heavy atom. The molecular formula is C28H10F10O6S2. The van der Waals surface area contributed by atoms with Crippen LogP contribution in [0.15, 0.2) is 12.1 Å². The third-order valence-corrected chi connectivity index (χ3v) is 9.95. The maximum absolute atomic E-state index is 14.6. The zero-order valence-electron chi connectivity index (χ0n) is 22.0. The molecule has 2 spiro atoms. The van der Waals surface area contributed by atoms with Crippen LogP contribution in [0, 0.1) is 58.2 Å². The number of ketones is 2. The van der Waals surface area contributed by atoms with Crippen LogP contribution >= 0.6 is 22.7 Å². The molecule has 46 heavy (non-hydrogen) atoms. The van der Waals surface area contributed by atoms with E-state index in [0.717, 1.165) is 12.1 Å². The zero-order valence-corrected chi connectivity index (χ0v) is 23.7. The van der Waals surface area contributed by atoms with E-state index in [4.69, 9.17) is 18.9 Å². The minimum absolute atomic E-state index is 0.0460. The van der Waals surface area contributed by atoms with Crippen molar-refractivity contribution in [2.24, 2.45) is 0 Å². The van der Waals surface area contributed by atoms with Crippen molar-refractivity contribution in [3.8, 4) is 9.75 Å². The first-order valence-electron chi connectivity index (χ1n) is 12.7. The monoisotopic (exact) mass is 696 g/mol. The molecule has 6 nitrogen and oxygen atoms in total. The molecule has 2 aromatic carbocycles. The molecule has 0 radical (unpaired) electrons. The normalized spacial score (nSPS) is 17.6. The van der Waals surface area contributed by atoms with Crippen LogP contribution in [0.5, 0.6) is 0 Å². The lowest BCUT2D eigenvalue weighted by Gasteiger charge is -2.44. The first-order chi connectivity index (χ1) is 21.8. The van der Waals surface area contributed by atoms with E-state index in [-0.39, 0.29) is 47.3 Å². The second kappa shape index (κ2) is 10.4. The van der Waals surface area contributed by atoms with Gasteiger partial charge in [-0.2, -0.15) is 0 Å². The molecule has 2 saturated heterocycles. The molecule has 2 aliphatic heterocycles. The quantitative estimate of drug-likeness (QED) is 0.102. The van der Waals surface area contributed by atoms with Gasteiger partial charge >= 0.3 is 0 Å². The van der Waals surface area contributed by atoms with Crippen molar-refractivity contribution in [3.05, 3.63) is 102 Å². The largest absolute Gasteiger partial charge is 0.339 e. The Morgan fingerprint density at radius 2 is 0.739 bits per heavy atom. The lowest BCUT2D eigenvalue weighted by molar-refractivity contribution is -0.365. The number of hydrogen-bond acceptors (Lipinski definition) is 8. The highest BCUT2D eigenvalue weighted by Crippen LogP contribution is 2.63. The Morgan fingerprint density at radius 3 is 1.02 bits per heavy atom. The van der Waals surface area contributed by atoms with E-state index in [9.17, 15) is 53.5 Å². The van der Waals surface area contributed by atoms with Gasteiger partial charge in [-0.05, 0) is 12.1 Å². The number of rotatable bonds is 4. The Bertz CT molecular complexity index is 1830. The molecule has 18 heteroatoms. The van der Waals surface area contributed by atoms with Crippen molar-refractivity contribution in [2.75, 3.05) is 26.4 Å². The second-order valence-corrected chi connectivity index (χ2v) is 12.0. The highest BCUT2D eigenvalue weighted by atomic mass is 32.1. The van der Waals surface area contributed by atoms with Crippen molar-refractivity contribution in [1.82, 2.24) is 0 Å². The molecule has 2 aromatic heterocycles. The molecule has 3 aliphatic rings. The smallest absolute Gasteiger partial charge is 0.257 e. The molecule has 0 unspecified atom stereocenters. The average Bonchev–Trinajstić information content (AvgIpc) is 3.86. The average molecular weight is 696 g/mol. The number of carbonyl (C=O) groups is 2. The van der Waals surface area contributed by atoms with Gasteiger partial charge in [0.15, 0.2) is 46.5 Å². The van der Waals surface area contributed by atoms with Crippen LogP contribution < -0.4 is 0 Å². The van der Waals surface area contributed by atoms with Crippen molar-refractivity contribution in [2.45, 2.75) is 11.6 Å². The minimum Gasteiger partial charge on any atom is -0.339 e. The summed E-state index contributed by atoms with van der Waals surface area (Å²) in [6.45, 7) is -0.498. The summed E-state index contributed by atoms with van der Waals surface area (Å²) in [6.07, 6.45) is 0. The van der Waals surface area contributed by atoms with Crippen molar-refractivity contribution in [3.63, 3.8) is 0 Å². The predicted molar refractivity (Wildman–Crippen MR) is 134 cm³/mol. The van der Waals surface area contributed by atoms with Gasteiger partial charge in [0.2, 0.25) is 23.2 Å². The fraction of sp³-hybridized carbons (Fsp3) is 0.214. The SMILES string of the molecule is O=C(c1cc2c(s1)-c1sc(C(=O)c3c(F)c(F)c(F)c(F)c3F)cc1C1(OCCO1)C21OCCO1)c1c(F)c(F)c(F)c(F)c1F. The maximum Gasteiger partial charge on any atom is 0.257 e. The topological polar surface area (TPSA) is 71.1 Å². The Kier molecular flexibility index (Phi) is 7.01. The van der Waals surface area contributed by atoms with E-state index in [2.05, 4.69) is 0 Å². The number of benzene rings is 2. The van der Waals surface area contributed by atoms with Crippen LogP contribution in [0.3, 0.4) is 0 Å². The summed E-state index contributed by atoms with van der Waals surface area (Å²) in [6, 6.07) is 1.96. The lowest BCUT2D eigenvalue weighted by atomic mass is 9.84. The van der Waals surface area contributed by atoms with Crippen LogP contribution in [0.25, 0.3) is 9.75 Å². The van der Waals surface area contributed by atoms with Gasteiger partial charge < -0.3 is 18.9 Å². The highest BCUT2D eigenvalue weighted by molar-refractivity contribution is 7.24. The van der Waals surface area contributed by atoms with Gasteiger partial charge in [0.05, 0.1) is 45.9 Å². The van der Waals surface area contributed by atoms with Gasteiger partial charge in [-0.25, -0.2) is 43.9 Å². The van der Waals surface area contributed by atoms with Crippen molar-refractivity contribution >= 4 is 34.2 Å². The summed E-state index contributed by atoms with van der Waals surface area (Å²) < 4.78 is 165. The van der Waals surface area contributed by atoms with E-state index >= 15 is 0 Å². The number of carbonyl (C=O) groups excluding carboxylic acids is 2. The number of halogens is 10. The van der Waals surface area contributed by atoms with E-state index in [1.54, 1.807) is 0 Å². The second-order valence-electron chi connectivity index (χ2n) is 9.88. The number of thiophene rings is 2. The van der Waals surface area contributed by atoms with E-state index in [0.29, 0.717) is 22.7 Å². The first-order valence-corrected chi connectivity index (χ1v) is 14.4. The van der Waals surface area contributed by atoms with E-state index in [1.807, 2.05) is 0 Å². The molecule has 0 N–H and O–H groups in total. The molecule has 2 fully saturated rings. The maximum atomic E-state index is 14.6. The Labute approximate surface area is 256 Å². The summed E-state index contributed by atoms with van der Waals surface area (Å²) >= 11 is 0.880. The molecule has 0 saturated carbocycles. The number of ether oxygens (including phenoxy) is 4. The van der Waals surface area contributed by atoms with Gasteiger partial charge in [-0.15, -0.1) is 22.7 Å². The molecule has 4 aromatic rings. The fourth-order valence-electron chi connectivity index (χ4n) is 5.56. The molecule has 240 valence electrons. The molecule has 0 atom stereocenters. The summed E-state index contributed by atoms with van der Waals surface area (Å²) in [5.74, 6) is -31.6. The van der Waals surface area contributed by atoms with Crippen molar-refractivity contribution in [1.29, 1.82) is 0 Å². The molecule has 4 heterocycles. The lowest BCUT2D eigenvalue weighted by Crippen LogP contribution is -2.53. The Hall–Kier alpha value is -3.68. The van der Waals surface area contributed by atoms with Crippen molar-refractivity contribution < 1.29 is 72.4 Å². The predicted octanol–water partition coefficient (Wildman–Crippen LogP) is 6.74. The fourth-order valence-corrected chi connectivity index (χ4v) is 8.00. The van der Waals surface area contributed by atoms with Crippen LogP contribution in [-0.4, -0.2) is 38.0 Å². The van der Waals surface area contributed by atoms with Gasteiger partial charge in [0, 0.05) is 11.1 Å². The molecular weight excluding hydrogens is 686 g/mol. The molecule has 0 bridgehead atoms. The van der Waals surface area contributed by atoms with Gasteiger partial charge in [-0.3, -0.25) is 9.59 Å². The third-order valence-electron chi connectivity index (χ3n) is 7.52. The summed E-state index contributed by atoms with van der Waals surface area (Å²) in [5.41, 5.74) is -3.75. The standard InChI is InChI=1S/C28H10F10O6S2/c29-13-11(14(30)18(34)21(37)17(13)33)23(39)9-5-7-25(45-9)26-8(28(43-3-4-44-28)27(7)41-1-2-42-27)6-10(46-26)24(40)12-15(31)19(35)22(38)20(36)16(12)32/h5-6H,1-4H2. The van der Waals surface area contributed by atoms with Gasteiger partial charge in [0.25, 0.3) is 11.6 Å². The highest BCUT2D eigenvalue weighted by Gasteiger charge is 2.67. The molecule has 0 amide bonds. The van der Waals surface area contributed by atoms with Gasteiger partial charge in [-0.1, -0.05) is 0 Å². The van der Waals surface area contributed by atoms with Crippen LogP contribution in [-0.2, 0) is 30.5 Å². The number of hydrogen-bond donors (Lipinski definition) is 0. The third kappa shape index (κ3) is 3.85. The van der Waals surface area contributed by atoms with Gasteiger partial charge in [0.1, 0.15) is 11.1 Å². The summed E-state index contributed by atoms with van der Waals surface area (Å²) in [4.78, 5) is 25.3. The Balaban J connectivity index is 1.45. The number of fused-ring (bicyclic) bond motifs is 6. The zero-order chi connectivity index (χ0) is 33.0. The van der Waals surface area contributed by atoms with Crippen LogP contribution in [0.4, 0.5) is 43.9 Å². The van der Waals surface area contributed by atoms with E-state index < -0.39 is 102 Å². The van der Waals surface area contributed by atoms with Crippen LogP contribution in [0.2, 0.25) is 0 Å². The molecule has 1 aliphatic carbocycles. The van der Waals surface area contributed by atoms with Crippen LogP contribution in [0.1, 0.15) is 41.6 Å². The first kappa shape index (κ1) is 30.9. The summed E-state index contributed by atoms with van der Waals surface area (Å²) in [7, 11) is 0. The summed E-state index contributed by atoms with van der Waals surface area (Å²) in [5, 5.41) is 0. The molecule has 7 rings (SSSR count).